The molecule has 44 heavy (non-hydrogen) atoms. The molecule has 1 saturated heterocycles. The van der Waals surface area contributed by atoms with Gasteiger partial charge < -0.3 is 19.9 Å². The Balaban J connectivity index is 1.45. The maximum atomic E-state index is 13.8. The molecule has 1 atom stereocenters. The van der Waals surface area contributed by atoms with E-state index in [-0.39, 0.29) is 23.8 Å². The largest absolute Gasteiger partial charge is 0.416 e. The molecule has 3 heterocycles. The lowest BCUT2D eigenvalue weighted by Gasteiger charge is -2.17. The van der Waals surface area contributed by atoms with E-state index in [1.807, 2.05) is 4.57 Å². The lowest BCUT2D eigenvalue weighted by molar-refractivity contribution is -0.137. The summed E-state index contributed by atoms with van der Waals surface area (Å²) < 4.78 is 88.4. The van der Waals surface area contributed by atoms with E-state index in [9.17, 15) is 35.9 Å². The van der Waals surface area contributed by atoms with Crippen molar-refractivity contribution in [2.75, 3.05) is 18.5 Å². The highest BCUT2D eigenvalue weighted by molar-refractivity contribution is 6.06. The summed E-state index contributed by atoms with van der Waals surface area (Å²) in [6.07, 6.45) is -5.77. The molecule has 0 bridgehead atoms. The van der Waals surface area contributed by atoms with Crippen LogP contribution in [0, 0.1) is 0 Å². The van der Waals surface area contributed by atoms with Crippen molar-refractivity contribution in [2.24, 2.45) is 0 Å². The monoisotopic (exact) mass is 618 g/mol. The highest BCUT2D eigenvalue weighted by atomic mass is 19.4. The lowest BCUT2D eigenvalue weighted by atomic mass is 10.1. The predicted molar refractivity (Wildman–Crippen MR) is 151 cm³/mol. The maximum absolute atomic E-state index is 13.8. The minimum atomic E-state index is -4.48. The number of anilines is 1. The molecule has 2 N–H and O–H groups in total. The summed E-state index contributed by atoms with van der Waals surface area (Å²) in [5.74, 6) is -1.79. The zero-order valence-corrected chi connectivity index (χ0v) is 23.6. The molecule has 1 aliphatic rings. The zero-order valence-electron chi connectivity index (χ0n) is 23.6. The maximum Gasteiger partial charge on any atom is 0.416 e. The number of hydrogen-bond acceptors (Lipinski definition) is 4. The van der Waals surface area contributed by atoms with E-state index in [1.165, 1.54) is 12.1 Å². The van der Waals surface area contributed by atoms with E-state index in [4.69, 9.17) is 4.74 Å². The molecule has 2 amide bonds. The van der Waals surface area contributed by atoms with Crippen LogP contribution in [0.2, 0.25) is 0 Å². The molecule has 5 rings (SSSR count). The van der Waals surface area contributed by atoms with Crippen LogP contribution in [0.1, 0.15) is 59.9 Å². The van der Waals surface area contributed by atoms with Crippen molar-refractivity contribution in [3.8, 4) is 11.3 Å². The van der Waals surface area contributed by atoms with Gasteiger partial charge in [-0.05, 0) is 73.9 Å². The number of carbonyl (C=O) groups excluding carboxylic acids is 2. The van der Waals surface area contributed by atoms with Gasteiger partial charge in [0.05, 0.1) is 23.8 Å². The fraction of sp³-hybridized carbons (Fsp3) is 0.323. The van der Waals surface area contributed by atoms with Gasteiger partial charge in [0.1, 0.15) is 5.69 Å². The molecule has 13 heteroatoms. The van der Waals surface area contributed by atoms with Gasteiger partial charge in [0.2, 0.25) is 0 Å². The van der Waals surface area contributed by atoms with Gasteiger partial charge in [-0.15, -0.1) is 0 Å². The van der Waals surface area contributed by atoms with Crippen molar-refractivity contribution in [3.63, 3.8) is 0 Å². The molecule has 232 valence electrons. The third kappa shape index (κ3) is 6.57. The van der Waals surface area contributed by atoms with Gasteiger partial charge in [0.15, 0.2) is 5.67 Å². The van der Waals surface area contributed by atoms with E-state index >= 15 is 0 Å². The quantitative estimate of drug-likeness (QED) is 0.204. The summed E-state index contributed by atoms with van der Waals surface area (Å²) in [7, 11) is 0. The molecular weight excluding hydrogens is 590 g/mol. The van der Waals surface area contributed by atoms with Crippen LogP contribution in [-0.2, 0) is 22.3 Å². The second kappa shape index (κ2) is 11.9. The number of carbonyl (C=O) groups is 2. The third-order valence-corrected chi connectivity index (χ3v) is 7.29. The summed E-state index contributed by atoms with van der Waals surface area (Å²) in [5.41, 5.74) is -1.67. The van der Waals surface area contributed by atoms with Crippen LogP contribution in [0.25, 0.3) is 22.2 Å². The van der Waals surface area contributed by atoms with Crippen molar-refractivity contribution in [1.29, 1.82) is 0 Å². The molecule has 0 spiro atoms. The Labute approximate surface area is 248 Å². The topological polar surface area (TPSA) is 85.3 Å². The number of nitrogens with one attached hydrogen (secondary N) is 2. The molecule has 7 nitrogen and oxygen atoms in total. The van der Waals surface area contributed by atoms with Crippen LogP contribution in [0.15, 0.2) is 60.8 Å². The van der Waals surface area contributed by atoms with Crippen molar-refractivity contribution >= 4 is 28.4 Å². The number of ether oxygens (including phenoxy) is 1. The van der Waals surface area contributed by atoms with E-state index in [0.29, 0.717) is 36.3 Å². The summed E-state index contributed by atoms with van der Waals surface area (Å²) in [6, 6.07) is 12.7. The first-order chi connectivity index (χ1) is 20.7. The summed E-state index contributed by atoms with van der Waals surface area (Å²) in [6.45, 7) is 2.84. The van der Waals surface area contributed by atoms with Gasteiger partial charge in [-0.1, -0.05) is 12.1 Å². The Morgan fingerprint density at radius 2 is 1.77 bits per heavy atom. The Kier molecular flexibility index (Phi) is 8.43. The fourth-order valence-corrected chi connectivity index (χ4v) is 5.05. The molecule has 0 aliphatic carbocycles. The molecular formula is C31H28F6N4O3. The standard InChI is InChI=1S/C31H28F6N4O3/c1-30(2,34)29(43)39-15-17-11-23(26(27(32)33)38-14-17)28(42)40-21-7-8-24-19(12-21)13-25(41(24)22-9-10-44-16-22)18-3-5-20(6-4-18)31(35,36)37/h3-8,11-14,22,27H,9-10,15-16H2,1-2H3,(H,39,43)(H,40,42). The Hall–Kier alpha value is -4.39. The summed E-state index contributed by atoms with van der Waals surface area (Å²) in [4.78, 5) is 28.8. The molecule has 1 unspecified atom stereocenters. The number of rotatable bonds is 8. The van der Waals surface area contributed by atoms with Gasteiger partial charge in [0.25, 0.3) is 18.2 Å². The molecule has 4 aromatic rings. The fourth-order valence-electron chi connectivity index (χ4n) is 5.05. The van der Waals surface area contributed by atoms with Crippen molar-refractivity contribution in [1.82, 2.24) is 14.9 Å². The van der Waals surface area contributed by atoms with Gasteiger partial charge in [-0.3, -0.25) is 14.6 Å². The number of hydrogen-bond donors (Lipinski definition) is 2. The van der Waals surface area contributed by atoms with Crippen LogP contribution in [0.5, 0.6) is 0 Å². The van der Waals surface area contributed by atoms with E-state index in [2.05, 4.69) is 15.6 Å². The molecule has 0 radical (unpaired) electrons. The second-order valence-electron chi connectivity index (χ2n) is 11.0. The van der Waals surface area contributed by atoms with Gasteiger partial charge in [0, 0.05) is 41.6 Å². The lowest BCUT2D eigenvalue weighted by Crippen LogP contribution is -2.38. The van der Waals surface area contributed by atoms with E-state index in [1.54, 1.807) is 24.3 Å². The Morgan fingerprint density at radius 1 is 1.05 bits per heavy atom. The van der Waals surface area contributed by atoms with Crippen molar-refractivity contribution < 1.29 is 40.7 Å². The molecule has 1 aliphatic heterocycles. The highest BCUT2D eigenvalue weighted by Crippen LogP contribution is 2.37. The molecule has 2 aromatic carbocycles. The predicted octanol–water partition coefficient (Wildman–Crippen LogP) is 7.24. The first-order valence-electron chi connectivity index (χ1n) is 13.7. The van der Waals surface area contributed by atoms with E-state index in [0.717, 1.165) is 43.8 Å². The average molecular weight is 619 g/mol. The zero-order chi connectivity index (χ0) is 31.8. The number of fused-ring (bicyclic) bond motifs is 1. The number of aromatic nitrogens is 2. The third-order valence-electron chi connectivity index (χ3n) is 7.29. The smallest absolute Gasteiger partial charge is 0.379 e. The summed E-state index contributed by atoms with van der Waals surface area (Å²) >= 11 is 0. The SMILES string of the molecule is CC(C)(F)C(=O)NCc1cnc(C(F)F)c(C(=O)Nc2ccc3c(c2)cc(-c2ccc(C(F)(F)F)cc2)n3C2CCOC2)c1. The van der Waals surface area contributed by atoms with Crippen molar-refractivity contribution in [3.05, 3.63) is 83.2 Å². The van der Waals surface area contributed by atoms with Crippen LogP contribution >= 0.6 is 0 Å². The van der Waals surface area contributed by atoms with Crippen LogP contribution in [0.3, 0.4) is 0 Å². The number of pyridine rings is 1. The highest BCUT2D eigenvalue weighted by Gasteiger charge is 2.31. The van der Waals surface area contributed by atoms with Crippen LogP contribution in [-0.4, -0.2) is 40.2 Å². The summed E-state index contributed by atoms with van der Waals surface area (Å²) in [5, 5.41) is 5.60. The number of benzene rings is 2. The number of amides is 2. The van der Waals surface area contributed by atoms with Crippen LogP contribution in [0.4, 0.5) is 32.0 Å². The second-order valence-corrected chi connectivity index (χ2v) is 11.0. The minimum absolute atomic E-state index is 0.0730. The average Bonchev–Trinajstić information content (AvgIpc) is 3.62. The molecule has 0 saturated carbocycles. The number of halogens is 6. The first-order valence-corrected chi connectivity index (χ1v) is 13.7. The van der Waals surface area contributed by atoms with Crippen LogP contribution < -0.4 is 10.6 Å². The number of alkyl halides is 6. The molecule has 2 aromatic heterocycles. The first kappa shape index (κ1) is 31.0. The van der Waals surface area contributed by atoms with Gasteiger partial charge in [-0.2, -0.15) is 13.2 Å². The van der Waals surface area contributed by atoms with E-state index < -0.39 is 46.9 Å². The Morgan fingerprint density at radius 3 is 2.39 bits per heavy atom. The minimum Gasteiger partial charge on any atom is -0.379 e. The van der Waals surface area contributed by atoms with Gasteiger partial charge in [-0.25, -0.2) is 13.2 Å². The van der Waals surface area contributed by atoms with Crippen molar-refractivity contribution in [2.45, 2.75) is 51.1 Å². The Bertz CT molecular complexity index is 1690. The normalized spacial score (nSPS) is 15.6. The molecule has 1 fully saturated rings. The number of nitrogens with zero attached hydrogens (tertiary/aromatic N) is 2. The van der Waals surface area contributed by atoms with Gasteiger partial charge >= 0.3 is 6.18 Å².